The van der Waals surface area contributed by atoms with Crippen LogP contribution in [0.5, 0.6) is 5.88 Å². The molecule has 82 valence electrons. The van der Waals surface area contributed by atoms with Crippen LogP contribution in [0.4, 0.5) is 0 Å². The Kier molecular flexibility index (Phi) is 3.16. The van der Waals surface area contributed by atoms with Crippen molar-refractivity contribution in [3.8, 4) is 5.88 Å². The molecule has 15 heavy (non-hydrogen) atoms. The summed E-state index contributed by atoms with van der Waals surface area (Å²) in [5.41, 5.74) is 6.54. The van der Waals surface area contributed by atoms with Crippen LogP contribution in [-0.2, 0) is 6.42 Å². The van der Waals surface area contributed by atoms with Crippen molar-refractivity contribution in [2.24, 2.45) is 5.73 Å². The van der Waals surface area contributed by atoms with E-state index in [9.17, 15) is 0 Å². The molecule has 1 heterocycles. The zero-order chi connectivity index (χ0) is 10.7. The van der Waals surface area contributed by atoms with Gasteiger partial charge in [-0.05, 0) is 32.2 Å². The number of nitrogens with two attached hydrogens (primary N) is 1. The Hall–Kier alpha value is -1.16. The minimum absolute atomic E-state index is 0.572. The molecule has 0 atom stereocenters. The van der Waals surface area contributed by atoms with Gasteiger partial charge in [0.15, 0.2) is 0 Å². The second-order valence-electron chi connectivity index (χ2n) is 3.93. The van der Waals surface area contributed by atoms with Crippen molar-refractivity contribution in [1.82, 2.24) is 9.97 Å². The quantitative estimate of drug-likeness (QED) is 0.789. The summed E-state index contributed by atoms with van der Waals surface area (Å²) >= 11 is 0. The lowest BCUT2D eigenvalue weighted by molar-refractivity contribution is 0.388. The first-order valence-corrected chi connectivity index (χ1v) is 5.45. The molecule has 1 saturated carbocycles. The summed E-state index contributed by atoms with van der Waals surface area (Å²) in [6, 6.07) is 0. The van der Waals surface area contributed by atoms with Crippen LogP contribution in [0.1, 0.15) is 36.6 Å². The highest BCUT2D eigenvalue weighted by Crippen LogP contribution is 2.38. The van der Waals surface area contributed by atoms with Gasteiger partial charge in [-0.15, -0.1) is 0 Å². The molecule has 0 unspecified atom stereocenters. The average molecular weight is 207 g/mol. The maximum atomic E-state index is 5.47. The smallest absolute Gasteiger partial charge is 0.219 e. The van der Waals surface area contributed by atoms with Gasteiger partial charge in [0.25, 0.3) is 0 Å². The van der Waals surface area contributed by atoms with E-state index in [1.54, 1.807) is 7.11 Å². The third-order valence-electron chi connectivity index (χ3n) is 2.63. The van der Waals surface area contributed by atoms with E-state index in [4.69, 9.17) is 10.5 Å². The van der Waals surface area contributed by atoms with Crippen LogP contribution in [0, 0.1) is 0 Å². The second-order valence-corrected chi connectivity index (χ2v) is 3.93. The van der Waals surface area contributed by atoms with E-state index in [1.807, 2.05) is 6.20 Å². The molecule has 1 aliphatic rings. The SMILES string of the molecule is COc1nc(C2CC2)ncc1CCCN. The molecular weight excluding hydrogens is 190 g/mol. The van der Waals surface area contributed by atoms with E-state index in [2.05, 4.69) is 9.97 Å². The number of ether oxygens (including phenoxy) is 1. The number of aryl methyl sites for hydroxylation is 1. The van der Waals surface area contributed by atoms with Gasteiger partial charge in [0.05, 0.1) is 7.11 Å². The molecular formula is C11H17N3O. The van der Waals surface area contributed by atoms with Gasteiger partial charge in [0, 0.05) is 17.7 Å². The van der Waals surface area contributed by atoms with Crippen LogP contribution in [0.3, 0.4) is 0 Å². The van der Waals surface area contributed by atoms with Gasteiger partial charge < -0.3 is 10.5 Å². The zero-order valence-corrected chi connectivity index (χ0v) is 9.07. The maximum Gasteiger partial charge on any atom is 0.219 e. The molecule has 4 nitrogen and oxygen atoms in total. The summed E-state index contributed by atoms with van der Waals surface area (Å²) in [7, 11) is 1.66. The van der Waals surface area contributed by atoms with Gasteiger partial charge in [0.2, 0.25) is 5.88 Å². The van der Waals surface area contributed by atoms with Crippen molar-refractivity contribution in [2.75, 3.05) is 13.7 Å². The molecule has 4 heteroatoms. The van der Waals surface area contributed by atoms with E-state index < -0.39 is 0 Å². The molecule has 1 aliphatic carbocycles. The molecule has 0 aliphatic heterocycles. The van der Waals surface area contributed by atoms with Crippen molar-refractivity contribution in [3.63, 3.8) is 0 Å². The number of nitrogens with zero attached hydrogens (tertiary/aromatic N) is 2. The number of aromatic nitrogens is 2. The van der Waals surface area contributed by atoms with Crippen LogP contribution in [0.2, 0.25) is 0 Å². The van der Waals surface area contributed by atoms with Crippen molar-refractivity contribution in [3.05, 3.63) is 17.6 Å². The van der Waals surface area contributed by atoms with Crippen LogP contribution in [0.15, 0.2) is 6.20 Å². The van der Waals surface area contributed by atoms with Crippen LogP contribution in [0.25, 0.3) is 0 Å². The fraction of sp³-hybridized carbons (Fsp3) is 0.636. The lowest BCUT2D eigenvalue weighted by Gasteiger charge is -2.07. The predicted octanol–water partition coefficient (Wildman–Crippen LogP) is 1.25. The highest BCUT2D eigenvalue weighted by Gasteiger charge is 2.27. The lowest BCUT2D eigenvalue weighted by atomic mass is 10.2. The monoisotopic (exact) mass is 207 g/mol. The lowest BCUT2D eigenvalue weighted by Crippen LogP contribution is -2.04. The van der Waals surface area contributed by atoms with Crippen LogP contribution < -0.4 is 10.5 Å². The third-order valence-corrected chi connectivity index (χ3v) is 2.63. The van der Waals surface area contributed by atoms with Crippen molar-refractivity contribution in [2.45, 2.75) is 31.6 Å². The standard InChI is InChI=1S/C11H17N3O/c1-15-11-9(3-2-6-12)7-13-10(14-11)8-4-5-8/h7-8H,2-6,12H2,1H3. The topological polar surface area (TPSA) is 61.0 Å². The average Bonchev–Trinajstić information content (AvgIpc) is 3.10. The minimum Gasteiger partial charge on any atom is -0.481 e. The second kappa shape index (κ2) is 4.57. The van der Waals surface area contributed by atoms with Crippen LogP contribution in [-0.4, -0.2) is 23.6 Å². The van der Waals surface area contributed by atoms with E-state index in [-0.39, 0.29) is 0 Å². The van der Waals surface area contributed by atoms with Gasteiger partial charge in [0.1, 0.15) is 5.82 Å². The predicted molar refractivity (Wildman–Crippen MR) is 57.9 cm³/mol. The summed E-state index contributed by atoms with van der Waals surface area (Å²) in [6.45, 7) is 0.688. The summed E-state index contributed by atoms with van der Waals surface area (Å²) in [4.78, 5) is 8.80. The Bertz CT molecular complexity index is 337. The van der Waals surface area contributed by atoms with E-state index in [0.29, 0.717) is 12.5 Å². The van der Waals surface area contributed by atoms with Gasteiger partial charge in [-0.2, -0.15) is 4.98 Å². The Labute approximate surface area is 89.9 Å². The largest absolute Gasteiger partial charge is 0.481 e. The van der Waals surface area contributed by atoms with E-state index >= 15 is 0 Å². The van der Waals surface area contributed by atoms with Crippen molar-refractivity contribution < 1.29 is 4.74 Å². The Morgan fingerprint density at radius 2 is 2.33 bits per heavy atom. The molecule has 2 rings (SSSR count). The molecule has 2 N–H and O–H groups in total. The summed E-state index contributed by atoms with van der Waals surface area (Å²) in [5.74, 6) is 2.23. The summed E-state index contributed by atoms with van der Waals surface area (Å²) in [6.07, 6.45) is 6.15. The summed E-state index contributed by atoms with van der Waals surface area (Å²) < 4.78 is 5.27. The minimum atomic E-state index is 0.572. The number of hydrogen-bond acceptors (Lipinski definition) is 4. The van der Waals surface area contributed by atoms with Crippen molar-refractivity contribution >= 4 is 0 Å². The molecule has 0 radical (unpaired) electrons. The van der Waals surface area contributed by atoms with Crippen molar-refractivity contribution in [1.29, 1.82) is 0 Å². The van der Waals surface area contributed by atoms with Gasteiger partial charge in [-0.25, -0.2) is 4.98 Å². The fourth-order valence-electron chi connectivity index (χ4n) is 1.58. The zero-order valence-electron chi connectivity index (χ0n) is 9.07. The molecule has 1 aromatic rings. The van der Waals surface area contributed by atoms with E-state index in [0.717, 1.165) is 30.1 Å². The van der Waals surface area contributed by atoms with Gasteiger partial charge in [-0.1, -0.05) is 0 Å². The normalized spacial score (nSPS) is 15.3. The fourth-order valence-corrected chi connectivity index (χ4v) is 1.58. The highest BCUT2D eigenvalue weighted by molar-refractivity contribution is 5.25. The molecule has 0 saturated heterocycles. The molecule has 0 aromatic carbocycles. The van der Waals surface area contributed by atoms with E-state index in [1.165, 1.54) is 12.8 Å². The molecule has 1 fully saturated rings. The third kappa shape index (κ3) is 2.45. The molecule has 0 amide bonds. The molecule has 1 aromatic heterocycles. The first-order chi connectivity index (χ1) is 7.35. The maximum absolute atomic E-state index is 5.47. The number of hydrogen-bond donors (Lipinski definition) is 1. The first-order valence-electron chi connectivity index (χ1n) is 5.45. The highest BCUT2D eigenvalue weighted by atomic mass is 16.5. The van der Waals surface area contributed by atoms with Crippen LogP contribution >= 0.6 is 0 Å². The van der Waals surface area contributed by atoms with Gasteiger partial charge in [-0.3, -0.25) is 0 Å². The summed E-state index contributed by atoms with van der Waals surface area (Å²) in [5, 5.41) is 0. The number of rotatable bonds is 5. The first kappa shape index (κ1) is 10.4. The Morgan fingerprint density at radius 1 is 1.53 bits per heavy atom. The Morgan fingerprint density at radius 3 is 2.93 bits per heavy atom. The molecule has 0 spiro atoms. The van der Waals surface area contributed by atoms with Gasteiger partial charge >= 0.3 is 0 Å². The Balaban J connectivity index is 2.15. The number of methoxy groups -OCH3 is 1. The molecule has 0 bridgehead atoms.